The molecule has 0 aliphatic heterocycles. The summed E-state index contributed by atoms with van der Waals surface area (Å²) in [5, 5.41) is 18.9. The lowest BCUT2D eigenvalue weighted by molar-refractivity contribution is -0.715. The van der Waals surface area contributed by atoms with Gasteiger partial charge in [-0.1, -0.05) is 84.0 Å². The summed E-state index contributed by atoms with van der Waals surface area (Å²) in [4.78, 5) is 0. The van der Waals surface area contributed by atoms with Gasteiger partial charge in [-0.15, -0.1) is 0 Å². The quantitative estimate of drug-likeness (QED) is 0.285. The molecule has 0 spiro atoms. The summed E-state index contributed by atoms with van der Waals surface area (Å²) >= 11 is 0. The number of rotatable bonds is 17. The topological polar surface area (TPSA) is 44.3 Å². The highest BCUT2D eigenvalue weighted by atomic mass is 16.3. The highest BCUT2D eigenvalue weighted by Crippen LogP contribution is 2.13. The van der Waals surface area contributed by atoms with Crippen LogP contribution in [0.3, 0.4) is 0 Å². The number of aromatic nitrogens is 1. The molecule has 0 amide bonds. The van der Waals surface area contributed by atoms with Gasteiger partial charge in [-0.25, -0.2) is 0 Å². The largest absolute Gasteiger partial charge is 0.385 e. The summed E-state index contributed by atoms with van der Waals surface area (Å²) in [6.45, 7) is 3.24. The molecule has 0 saturated heterocycles. The molecular weight excluding hydrogens is 322 g/mol. The Bertz CT molecular complexity index is 426. The zero-order valence-electron chi connectivity index (χ0n) is 17.1. The third-order valence-electron chi connectivity index (χ3n) is 5.33. The second-order valence-corrected chi connectivity index (χ2v) is 7.57. The summed E-state index contributed by atoms with van der Waals surface area (Å²) in [6, 6.07) is 5.77. The highest BCUT2D eigenvalue weighted by molar-refractivity contribution is 5.02. The van der Waals surface area contributed by atoms with Crippen molar-refractivity contribution in [1.82, 2.24) is 0 Å². The van der Waals surface area contributed by atoms with Crippen LogP contribution in [0, 0.1) is 0 Å². The Hall–Kier alpha value is -0.930. The van der Waals surface area contributed by atoms with Crippen molar-refractivity contribution in [2.45, 2.75) is 117 Å². The molecule has 3 heteroatoms. The lowest BCUT2D eigenvalue weighted by Crippen LogP contribution is -2.42. The monoisotopic (exact) mass is 364 g/mol. The molecule has 1 rings (SSSR count). The molecule has 0 fully saturated rings. The van der Waals surface area contributed by atoms with Crippen LogP contribution in [0.4, 0.5) is 0 Å². The maximum absolute atomic E-state index is 9.45. The van der Waals surface area contributed by atoms with Crippen LogP contribution in [-0.2, 0) is 19.8 Å². The Labute approximate surface area is 161 Å². The van der Waals surface area contributed by atoms with Gasteiger partial charge in [0.15, 0.2) is 0 Å². The molecule has 0 radical (unpaired) electrons. The van der Waals surface area contributed by atoms with Crippen LogP contribution < -0.4 is 4.57 Å². The van der Waals surface area contributed by atoms with Crippen molar-refractivity contribution in [2.75, 3.05) is 0 Å². The maximum atomic E-state index is 9.45. The van der Waals surface area contributed by atoms with Crippen LogP contribution >= 0.6 is 0 Å². The number of unbranched alkanes of at least 4 members (excludes halogenated alkanes) is 13. The van der Waals surface area contributed by atoms with Gasteiger partial charge >= 0.3 is 0 Å². The van der Waals surface area contributed by atoms with E-state index in [0.717, 1.165) is 24.4 Å². The average molecular weight is 365 g/mol. The van der Waals surface area contributed by atoms with E-state index in [1.54, 1.807) is 0 Å². The lowest BCUT2D eigenvalue weighted by Gasteiger charge is -2.06. The number of hydrogen-bond donors (Lipinski definition) is 2. The van der Waals surface area contributed by atoms with E-state index in [2.05, 4.69) is 11.5 Å². The van der Waals surface area contributed by atoms with Gasteiger partial charge in [0.25, 0.3) is 0 Å². The van der Waals surface area contributed by atoms with Crippen LogP contribution in [0.5, 0.6) is 0 Å². The standard InChI is InChI=1S/C23H42NO2/c1-2-3-4-5-6-7-8-9-10-11-12-13-14-15-19-24-22(20-25)17-16-18-23(24)21-26/h16-18,25-26H,2-15,19-21H2,1H3/q+1. The minimum Gasteiger partial charge on any atom is -0.385 e. The first-order valence-corrected chi connectivity index (χ1v) is 11.1. The summed E-state index contributed by atoms with van der Waals surface area (Å²) in [7, 11) is 0. The van der Waals surface area contributed by atoms with Crippen LogP contribution in [-0.4, -0.2) is 10.2 Å². The molecule has 1 aromatic heterocycles. The number of nitrogens with zero attached hydrogens (tertiary/aromatic N) is 1. The number of aliphatic hydroxyl groups is 2. The van der Waals surface area contributed by atoms with Gasteiger partial charge in [-0.05, 0) is 12.5 Å². The van der Waals surface area contributed by atoms with Crippen LogP contribution in [0.25, 0.3) is 0 Å². The maximum Gasteiger partial charge on any atom is 0.207 e. The van der Waals surface area contributed by atoms with Crippen molar-refractivity contribution in [3.8, 4) is 0 Å². The summed E-state index contributed by atoms with van der Waals surface area (Å²) in [5.41, 5.74) is 1.79. The molecule has 0 aliphatic carbocycles. The van der Waals surface area contributed by atoms with E-state index in [9.17, 15) is 10.2 Å². The summed E-state index contributed by atoms with van der Waals surface area (Å²) in [5.74, 6) is 0. The fraction of sp³-hybridized carbons (Fsp3) is 0.783. The summed E-state index contributed by atoms with van der Waals surface area (Å²) < 4.78 is 2.07. The van der Waals surface area contributed by atoms with Crippen LogP contribution in [0.15, 0.2) is 18.2 Å². The molecule has 0 bridgehead atoms. The zero-order valence-corrected chi connectivity index (χ0v) is 17.1. The van der Waals surface area contributed by atoms with Gasteiger partial charge in [0.2, 0.25) is 11.4 Å². The lowest BCUT2D eigenvalue weighted by atomic mass is 10.0. The molecule has 2 N–H and O–H groups in total. The summed E-state index contributed by atoms with van der Waals surface area (Å²) in [6.07, 6.45) is 19.1. The third-order valence-corrected chi connectivity index (χ3v) is 5.33. The van der Waals surface area contributed by atoms with Gasteiger partial charge in [0.1, 0.15) is 19.8 Å². The van der Waals surface area contributed by atoms with Gasteiger partial charge < -0.3 is 10.2 Å². The van der Waals surface area contributed by atoms with Crippen molar-refractivity contribution >= 4 is 0 Å². The molecule has 0 aliphatic rings. The van der Waals surface area contributed by atoms with E-state index in [-0.39, 0.29) is 13.2 Å². The normalized spacial score (nSPS) is 11.2. The Morgan fingerprint density at radius 3 is 1.38 bits per heavy atom. The highest BCUT2D eigenvalue weighted by Gasteiger charge is 2.14. The smallest absolute Gasteiger partial charge is 0.207 e. The first kappa shape index (κ1) is 23.1. The Kier molecular flexibility index (Phi) is 14.5. The van der Waals surface area contributed by atoms with Crippen molar-refractivity contribution < 1.29 is 14.8 Å². The number of hydrogen-bond acceptors (Lipinski definition) is 2. The Morgan fingerprint density at radius 1 is 0.615 bits per heavy atom. The first-order chi connectivity index (χ1) is 12.8. The average Bonchev–Trinajstić information content (AvgIpc) is 2.68. The molecule has 1 heterocycles. The fourth-order valence-corrected chi connectivity index (χ4v) is 3.66. The van der Waals surface area contributed by atoms with Crippen LogP contribution in [0.1, 0.15) is 108 Å². The van der Waals surface area contributed by atoms with Crippen molar-refractivity contribution in [3.63, 3.8) is 0 Å². The van der Waals surface area contributed by atoms with Crippen LogP contribution in [0.2, 0.25) is 0 Å². The molecular formula is C23H42NO2+. The first-order valence-electron chi connectivity index (χ1n) is 11.1. The third kappa shape index (κ3) is 10.3. The SMILES string of the molecule is CCCCCCCCCCCCCCCC[n+]1c(CO)cccc1CO. The second kappa shape index (κ2) is 16.3. The number of aliphatic hydroxyl groups excluding tert-OH is 2. The molecule has 1 aromatic rings. The molecule has 150 valence electrons. The number of pyridine rings is 1. The van der Waals surface area contributed by atoms with Crippen molar-refractivity contribution in [3.05, 3.63) is 29.6 Å². The minimum absolute atomic E-state index is 0.0342. The van der Waals surface area contributed by atoms with E-state index in [1.807, 2.05) is 18.2 Å². The second-order valence-electron chi connectivity index (χ2n) is 7.57. The van der Waals surface area contributed by atoms with Gasteiger partial charge in [-0.3, -0.25) is 0 Å². The molecule has 0 saturated carbocycles. The Morgan fingerprint density at radius 2 is 1.00 bits per heavy atom. The van der Waals surface area contributed by atoms with E-state index in [4.69, 9.17) is 0 Å². The van der Waals surface area contributed by atoms with Gasteiger partial charge in [0, 0.05) is 18.6 Å². The molecule has 26 heavy (non-hydrogen) atoms. The van der Waals surface area contributed by atoms with Gasteiger partial charge in [-0.2, -0.15) is 4.57 Å². The predicted molar refractivity (Wildman–Crippen MR) is 109 cm³/mol. The minimum atomic E-state index is 0.0342. The Balaban J connectivity index is 1.97. The molecule has 0 aromatic carbocycles. The fourth-order valence-electron chi connectivity index (χ4n) is 3.66. The van der Waals surface area contributed by atoms with E-state index in [1.165, 1.54) is 83.5 Å². The molecule has 3 nitrogen and oxygen atoms in total. The van der Waals surface area contributed by atoms with E-state index >= 15 is 0 Å². The zero-order chi connectivity index (χ0) is 18.9. The van der Waals surface area contributed by atoms with E-state index in [0.29, 0.717) is 0 Å². The molecule has 0 atom stereocenters. The predicted octanol–water partition coefficient (Wildman–Crippen LogP) is 5.44. The van der Waals surface area contributed by atoms with Crippen molar-refractivity contribution in [1.29, 1.82) is 0 Å². The van der Waals surface area contributed by atoms with Gasteiger partial charge in [0.05, 0.1) is 0 Å². The van der Waals surface area contributed by atoms with E-state index < -0.39 is 0 Å². The van der Waals surface area contributed by atoms with Crippen molar-refractivity contribution in [2.24, 2.45) is 0 Å². The molecule has 0 unspecified atom stereocenters.